The van der Waals surface area contributed by atoms with Crippen LogP contribution >= 0.6 is 0 Å². The number of esters is 1. The Bertz CT molecular complexity index is 369. The molecule has 0 spiro atoms. The summed E-state index contributed by atoms with van der Waals surface area (Å²) in [6, 6.07) is 6.98. The first-order valence-corrected chi connectivity index (χ1v) is 5.73. The number of methoxy groups -OCH3 is 1. The van der Waals surface area contributed by atoms with Crippen LogP contribution < -0.4 is 22.0 Å². The van der Waals surface area contributed by atoms with Gasteiger partial charge >= 0.3 is 5.97 Å². The van der Waals surface area contributed by atoms with Gasteiger partial charge in [-0.3, -0.25) is 0 Å². The number of ether oxygens (including phenoxy) is 2. The molecule has 4 nitrogen and oxygen atoms in total. The Morgan fingerprint density at radius 3 is 2.67 bits per heavy atom. The predicted octanol–water partition coefficient (Wildman–Crippen LogP) is -2.61. The van der Waals surface area contributed by atoms with Crippen LogP contribution in [0, 0.1) is 0 Å². The highest BCUT2D eigenvalue weighted by atomic mass is 35.5. The summed E-state index contributed by atoms with van der Waals surface area (Å²) in [6.07, 6.45) is 0.873. The molecule has 0 atom stereocenters. The average Bonchev–Trinajstić information content (AvgIpc) is 2.34. The molecule has 18 heavy (non-hydrogen) atoms. The van der Waals surface area contributed by atoms with Gasteiger partial charge in [0.2, 0.25) is 0 Å². The van der Waals surface area contributed by atoms with E-state index in [1.54, 1.807) is 31.4 Å². The summed E-state index contributed by atoms with van der Waals surface area (Å²) in [5.41, 5.74) is 0.529. The Labute approximate surface area is 114 Å². The molecule has 0 heterocycles. The number of quaternary nitrogens is 1. The van der Waals surface area contributed by atoms with Crippen LogP contribution in [0.4, 0.5) is 0 Å². The number of hydrogen-bond donors (Lipinski definition) is 1. The molecule has 1 rings (SSSR count). The third kappa shape index (κ3) is 5.89. The number of nitrogens with one attached hydrogen (secondary N) is 1. The molecule has 1 aromatic carbocycles. The van der Waals surface area contributed by atoms with Gasteiger partial charge in [-0.05, 0) is 18.2 Å². The van der Waals surface area contributed by atoms with Crippen molar-refractivity contribution in [2.75, 3.05) is 34.4 Å². The van der Waals surface area contributed by atoms with E-state index in [4.69, 9.17) is 9.47 Å². The maximum atomic E-state index is 11.7. The van der Waals surface area contributed by atoms with Crippen LogP contribution in [0.5, 0.6) is 5.75 Å². The van der Waals surface area contributed by atoms with E-state index in [2.05, 4.69) is 14.1 Å². The number of carbonyl (C=O) groups excluding carboxylic acids is 1. The number of hydrogen-bond acceptors (Lipinski definition) is 3. The molecule has 0 aromatic heterocycles. The minimum absolute atomic E-state index is 0. The monoisotopic (exact) mass is 273 g/mol. The van der Waals surface area contributed by atoms with E-state index in [0.717, 1.165) is 13.0 Å². The number of halogens is 1. The van der Waals surface area contributed by atoms with Gasteiger partial charge in [-0.15, -0.1) is 0 Å². The lowest BCUT2D eigenvalue weighted by Crippen LogP contribution is -3.05. The van der Waals surface area contributed by atoms with Gasteiger partial charge < -0.3 is 26.8 Å². The van der Waals surface area contributed by atoms with Gasteiger partial charge in [0, 0.05) is 6.42 Å². The molecule has 1 N–H and O–H groups in total. The van der Waals surface area contributed by atoms with Crippen molar-refractivity contribution >= 4 is 5.97 Å². The van der Waals surface area contributed by atoms with Crippen molar-refractivity contribution in [1.82, 2.24) is 0 Å². The molecule has 0 amide bonds. The minimum atomic E-state index is -0.294. The van der Waals surface area contributed by atoms with Crippen molar-refractivity contribution in [3.8, 4) is 5.75 Å². The molecule has 1 aromatic rings. The summed E-state index contributed by atoms with van der Waals surface area (Å²) in [5, 5.41) is 0. The smallest absolute Gasteiger partial charge is 0.338 e. The predicted molar refractivity (Wildman–Crippen MR) is 65.6 cm³/mol. The van der Waals surface area contributed by atoms with E-state index >= 15 is 0 Å². The Hall–Kier alpha value is -1.26. The van der Waals surface area contributed by atoms with Crippen molar-refractivity contribution in [3.63, 3.8) is 0 Å². The number of rotatable bonds is 6. The van der Waals surface area contributed by atoms with Crippen LogP contribution in [0.1, 0.15) is 16.8 Å². The first-order valence-electron chi connectivity index (χ1n) is 5.73. The van der Waals surface area contributed by atoms with Gasteiger partial charge in [-0.2, -0.15) is 0 Å². The molecule has 102 valence electrons. The maximum Gasteiger partial charge on any atom is 0.338 e. The van der Waals surface area contributed by atoms with Crippen molar-refractivity contribution in [3.05, 3.63) is 29.8 Å². The SMILES string of the molecule is COc1cccc(C(=O)OCCC[NH+](C)C)c1.[Cl-]. The quantitative estimate of drug-likeness (QED) is 0.456. The third-order valence-corrected chi connectivity index (χ3v) is 2.36. The first kappa shape index (κ1) is 16.7. The van der Waals surface area contributed by atoms with Gasteiger partial charge in [0.15, 0.2) is 0 Å². The maximum absolute atomic E-state index is 11.7. The zero-order valence-electron chi connectivity index (χ0n) is 11.0. The van der Waals surface area contributed by atoms with Crippen LogP contribution in [-0.4, -0.2) is 40.3 Å². The van der Waals surface area contributed by atoms with Crippen molar-refractivity contribution in [2.45, 2.75) is 6.42 Å². The highest BCUT2D eigenvalue weighted by Gasteiger charge is 2.07. The van der Waals surface area contributed by atoms with Gasteiger partial charge in [0.05, 0.1) is 39.9 Å². The van der Waals surface area contributed by atoms with Gasteiger partial charge in [-0.1, -0.05) is 6.07 Å². The van der Waals surface area contributed by atoms with Crippen LogP contribution in [0.15, 0.2) is 24.3 Å². The summed E-state index contributed by atoms with van der Waals surface area (Å²) < 4.78 is 10.2. The Morgan fingerprint density at radius 2 is 2.06 bits per heavy atom. The van der Waals surface area contributed by atoms with Crippen LogP contribution in [0.2, 0.25) is 0 Å². The molecule has 0 aliphatic heterocycles. The Balaban J connectivity index is 0.00000289. The van der Waals surface area contributed by atoms with E-state index in [1.165, 1.54) is 4.90 Å². The molecule has 0 aliphatic rings. The fourth-order valence-electron chi connectivity index (χ4n) is 1.42. The van der Waals surface area contributed by atoms with Gasteiger partial charge in [0.1, 0.15) is 5.75 Å². The topological polar surface area (TPSA) is 40.0 Å². The Morgan fingerprint density at radius 1 is 1.33 bits per heavy atom. The Kier molecular flexibility index (Phi) is 8.16. The van der Waals surface area contributed by atoms with Crippen molar-refractivity contribution < 1.29 is 31.6 Å². The molecule has 0 saturated heterocycles. The van der Waals surface area contributed by atoms with E-state index in [0.29, 0.717) is 17.9 Å². The molecule has 0 unspecified atom stereocenters. The molecular formula is C13H20ClNO3. The summed E-state index contributed by atoms with van der Waals surface area (Å²) in [7, 11) is 5.72. The highest BCUT2D eigenvalue weighted by molar-refractivity contribution is 5.89. The summed E-state index contributed by atoms with van der Waals surface area (Å²) in [4.78, 5) is 13.0. The summed E-state index contributed by atoms with van der Waals surface area (Å²) in [6.45, 7) is 1.45. The van der Waals surface area contributed by atoms with Gasteiger partial charge in [0.25, 0.3) is 0 Å². The standard InChI is InChI=1S/C13H19NO3.ClH/c1-14(2)8-5-9-17-13(15)11-6-4-7-12(10-11)16-3;/h4,6-7,10H,5,8-9H2,1-3H3;1H. The van der Waals surface area contributed by atoms with Crippen LogP contribution in [-0.2, 0) is 4.74 Å². The zero-order chi connectivity index (χ0) is 12.7. The number of benzene rings is 1. The second-order valence-electron chi connectivity index (χ2n) is 4.18. The second-order valence-corrected chi connectivity index (χ2v) is 4.18. The molecule has 5 heteroatoms. The number of carbonyl (C=O) groups is 1. The molecule has 0 bridgehead atoms. The molecule has 0 radical (unpaired) electrons. The first-order chi connectivity index (χ1) is 8.13. The van der Waals surface area contributed by atoms with E-state index in [9.17, 15) is 4.79 Å². The average molecular weight is 274 g/mol. The fourth-order valence-corrected chi connectivity index (χ4v) is 1.42. The van der Waals surface area contributed by atoms with E-state index < -0.39 is 0 Å². The second kappa shape index (κ2) is 8.78. The third-order valence-electron chi connectivity index (χ3n) is 2.36. The minimum Gasteiger partial charge on any atom is -1.00 e. The molecule has 0 saturated carbocycles. The van der Waals surface area contributed by atoms with E-state index in [-0.39, 0.29) is 18.4 Å². The van der Waals surface area contributed by atoms with E-state index in [1.807, 2.05) is 0 Å². The fraction of sp³-hybridized carbons (Fsp3) is 0.462. The molecule has 0 fully saturated rings. The molecular weight excluding hydrogens is 254 g/mol. The van der Waals surface area contributed by atoms with Crippen molar-refractivity contribution in [2.24, 2.45) is 0 Å². The lowest BCUT2D eigenvalue weighted by atomic mass is 10.2. The van der Waals surface area contributed by atoms with Crippen LogP contribution in [0.3, 0.4) is 0 Å². The lowest BCUT2D eigenvalue weighted by Gasteiger charge is -2.08. The summed E-state index contributed by atoms with van der Waals surface area (Å²) in [5.74, 6) is 0.370. The zero-order valence-corrected chi connectivity index (χ0v) is 11.8. The largest absolute Gasteiger partial charge is 1.00 e. The highest BCUT2D eigenvalue weighted by Crippen LogP contribution is 2.13. The lowest BCUT2D eigenvalue weighted by molar-refractivity contribution is -0.858. The van der Waals surface area contributed by atoms with Gasteiger partial charge in [-0.25, -0.2) is 4.79 Å². The van der Waals surface area contributed by atoms with Crippen molar-refractivity contribution in [1.29, 1.82) is 0 Å². The molecule has 0 aliphatic carbocycles. The van der Waals surface area contributed by atoms with Crippen LogP contribution in [0.25, 0.3) is 0 Å². The normalized spacial score (nSPS) is 9.78. The summed E-state index contributed by atoms with van der Waals surface area (Å²) >= 11 is 0.